The molecule has 72 valence electrons. The lowest BCUT2D eigenvalue weighted by atomic mass is 10.4. The van der Waals surface area contributed by atoms with Gasteiger partial charge in [-0.25, -0.2) is 9.97 Å². The van der Waals surface area contributed by atoms with Crippen molar-refractivity contribution in [2.24, 2.45) is 0 Å². The third kappa shape index (κ3) is 1.12. The fourth-order valence-electron chi connectivity index (χ4n) is 1.75. The summed E-state index contributed by atoms with van der Waals surface area (Å²) in [6.45, 7) is 1.87. The summed E-state index contributed by atoms with van der Waals surface area (Å²) >= 11 is 6.04. The molecular formula is C10H10ClN3. The van der Waals surface area contributed by atoms with Crippen LogP contribution in [0.3, 0.4) is 0 Å². The van der Waals surface area contributed by atoms with E-state index in [1.165, 1.54) is 12.8 Å². The molecule has 0 N–H and O–H groups in total. The summed E-state index contributed by atoms with van der Waals surface area (Å²) < 4.78 is 2.20. The van der Waals surface area contributed by atoms with E-state index in [-0.39, 0.29) is 0 Å². The van der Waals surface area contributed by atoms with Gasteiger partial charge in [0.2, 0.25) is 0 Å². The number of aromatic nitrogens is 3. The van der Waals surface area contributed by atoms with Gasteiger partial charge < -0.3 is 4.57 Å². The normalized spacial score (nSPS) is 16.4. The summed E-state index contributed by atoms with van der Waals surface area (Å²) in [6.07, 6.45) is 4.57. The van der Waals surface area contributed by atoms with E-state index in [2.05, 4.69) is 20.7 Å². The molecule has 0 aliphatic heterocycles. The molecular weight excluding hydrogens is 198 g/mol. The Kier molecular flexibility index (Phi) is 1.59. The predicted octanol–water partition coefficient (Wildman–Crippen LogP) is 2.73. The van der Waals surface area contributed by atoms with Gasteiger partial charge in [0.25, 0.3) is 0 Å². The molecule has 1 aliphatic carbocycles. The van der Waals surface area contributed by atoms with E-state index < -0.39 is 0 Å². The number of aryl methyl sites for hydroxylation is 1. The topological polar surface area (TPSA) is 30.7 Å². The number of rotatable bonds is 1. The highest BCUT2D eigenvalue weighted by Crippen LogP contribution is 2.37. The molecule has 0 spiro atoms. The Labute approximate surface area is 86.7 Å². The van der Waals surface area contributed by atoms with Crippen molar-refractivity contribution in [2.45, 2.75) is 25.8 Å². The minimum Gasteiger partial charge on any atom is -0.329 e. The van der Waals surface area contributed by atoms with Gasteiger partial charge in [-0.2, -0.15) is 0 Å². The highest BCUT2D eigenvalue weighted by atomic mass is 35.5. The molecule has 4 heteroatoms. The van der Waals surface area contributed by atoms with Gasteiger partial charge in [0.05, 0.1) is 5.39 Å². The number of halogens is 1. The molecule has 14 heavy (non-hydrogen) atoms. The van der Waals surface area contributed by atoms with Crippen LogP contribution < -0.4 is 0 Å². The van der Waals surface area contributed by atoms with Crippen LogP contribution in [0.15, 0.2) is 12.3 Å². The fraction of sp³-hybridized carbons (Fsp3) is 0.400. The number of fused-ring (bicyclic) bond motifs is 1. The zero-order chi connectivity index (χ0) is 9.71. The molecule has 0 unspecified atom stereocenters. The molecule has 1 fully saturated rings. The maximum atomic E-state index is 6.04. The number of nitrogens with zero attached hydrogens (tertiary/aromatic N) is 3. The highest BCUT2D eigenvalue weighted by Gasteiger charge is 2.25. The van der Waals surface area contributed by atoms with Crippen LogP contribution in [0.2, 0.25) is 5.15 Å². The molecule has 1 aliphatic rings. The summed E-state index contributed by atoms with van der Waals surface area (Å²) in [5.41, 5.74) is 0.977. The second-order valence-corrected chi connectivity index (χ2v) is 4.11. The number of hydrogen-bond donors (Lipinski definition) is 0. The monoisotopic (exact) mass is 207 g/mol. The van der Waals surface area contributed by atoms with Gasteiger partial charge in [-0.05, 0) is 25.8 Å². The largest absolute Gasteiger partial charge is 0.329 e. The van der Waals surface area contributed by atoms with E-state index in [1.54, 1.807) is 0 Å². The molecule has 0 aromatic carbocycles. The van der Waals surface area contributed by atoms with Crippen molar-refractivity contribution in [2.75, 3.05) is 0 Å². The minimum atomic E-state index is 0.562. The second kappa shape index (κ2) is 2.70. The van der Waals surface area contributed by atoms with Gasteiger partial charge in [0, 0.05) is 12.2 Å². The fourth-order valence-corrected chi connectivity index (χ4v) is 2.02. The van der Waals surface area contributed by atoms with Crippen molar-refractivity contribution in [3.63, 3.8) is 0 Å². The first kappa shape index (κ1) is 8.24. The summed E-state index contributed by atoms with van der Waals surface area (Å²) in [6, 6.07) is 2.63. The zero-order valence-corrected chi connectivity index (χ0v) is 8.62. The Morgan fingerprint density at radius 2 is 2.21 bits per heavy atom. The molecule has 0 saturated heterocycles. The average molecular weight is 208 g/mol. The Balaban J connectivity index is 2.33. The number of hydrogen-bond acceptors (Lipinski definition) is 2. The standard InChI is InChI=1S/C10H10ClN3/c1-6-12-9(11)8-4-5-14(7-2-3-7)10(8)13-6/h4-5,7H,2-3H2,1H3. The van der Waals surface area contributed by atoms with Gasteiger partial charge in [-0.15, -0.1) is 0 Å². The Morgan fingerprint density at radius 1 is 1.43 bits per heavy atom. The van der Waals surface area contributed by atoms with Crippen LogP contribution in [0.4, 0.5) is 0 Å². The van der Waals surface area contributed by atoms with Gasteiger partial charge in [-0.3, -0.25) is 0 Å². The lowest BCUT2D eigenvalue weighted by Crippen LogP contribution is -1.96. The predicted molar refractivity (Wildman–Crippen MR) is 55.5 cm³/mol. The van der Waals surface area contributed by atoms with Gasteiger partial charge in [0.1, 0.15) is 16.6 Å². The first-order chi connectivity index (χ1) is 6.75. The van der Waals surface area contributed by atoms with Gasteiger partial charge in [-0.1, -0.05) is 11.6 Å². The van der Waals surface area contributed by atoms with E-state index >= 15 is 0 Å². The van der Waals surface area contributed by atoms with E-state index in [4.69, 9.17) is 11.6 Å². The Hall–Kier alpha value is -1.09. The molecule has 3 nitrogen and oxygen atoms in total. The van der Waals surface area contributed by atoms with E-state index in [0.29, 0.717) is 11.2 Å². The van der Waals surface area contributed by atoms with Crippen LogP contribution in [0.1, 0.15) is 24.7 Å². The van der Waals surface area contributed by atoms with Crippen LogP contribution in [-0.4, -0.2) is 14.5 Å². The second-order valence-electron chi connectivity index (χ2n) is 3.75. The van der Waals surface area contributed by atoms with E-state index in [1.807, 2.05) is 13.0 Å². The SMILES string of the molecule is Cc1nc(Cl)c2ccn(C3CC3)c2n1. The Morgan fingerprint density at radius 3 is 2.93 bits per heavy atom. The summed E-state index contributed by atoms with van der Waals surface area (Å²) in [4.78, 5) is 8.56. The third-order valence-corrected chi connectivity index (χ3v) is 2.87. The summed E-state index contributed by atoms with van der Waals surface area (Å²) in [5.74, 6) is 0.739. The quantitative estimate of drug-likeness (QED) is 0.674. The lowest BCUT2D eigenvalue weighted by molar-refractivity contribution is 0.763. The molecule has 2 heterocycles. The average Bonchev–Trinajstić information content (AvgIpc) is 2.87. The molecule has 0 bridgehead atoms. The van der Waals surface area contributed by atoms with Crippen molar-refractivity contribution in [3.05, 3.63) is 23.2 Å². The van der Waals surface area contributed by atoms with E-state index in [0.717, 1.165) is 16.9 Å². The van der Waals surface area contributed by atoms with Crippen molar-refractivity contribution < 1.29 is 0 Å². The molecule has 2 aromatic heterocycles. The smallest absolute Gasteiger partial charge is 0.145 e. The summed E-state index contributed by atoms with van der Waals surface area (Å²) in [7, 11) is 0. The minimum absolute atomic E-state index is 0.562. The van der Waals surface area contributed by atoms with Crippen molar-refractivity contribution >= 4 is 22.6 Å². The van der Waals surface area contributed by atoms with Crippen LogP contribution >= 0.6 is 11.6 Å². The molecule has 2 aromatic rings. The zero-order valence-electron chi connectivity index (χ0n) is 7.87. The molecule has 0 radical (unpaired) electrons. The summed E-state index contributed by atoms with van der Waals surface area (Å²) in [5, 5.41) is 1.52. The maximum Gasteiger partial charge on any atom is 0.145 e. The van der Waals surface area contributed by atoms with Crippen molar-refractivity contribution in [1.82, 2.24) is 14.5 Å². The lowest BCUT2D eigenvalue weighted by Gasteiger charge is -2.02. The van der Waals surface area contributed by atoms with Crippen LogP contribution in [0.5, 0.6) is 0 Å². The molecule has 0 atom stereocenters. The van der Waals surface area contributed by atoms with Gasteiger partial charge in [0.15, 0.2) is 0 Å². The van der Waals surface area contributed by atoms with E-state index in [9.17, 15) is 0 Å². The molecule has 3 rings (SSSR count). The Bertz CT molecular complexity index is 499. The third-order valence-electron chi connectivity index (χ3n) is 2.58. The van der Waals surface area contributed by atoms with Crippen LogP contribution in [-0.2, 0) is 0 Å². The van der Waals surface area contributed by atoms with Crippen molar-refractivity contribution in [3.8, 4) is 0 Å². The van der Waals surface area contributed by atoms with Crippen LogP contribution in [0.25, 0.3) is 11.0 Å². The maximum absolute atomic E-state index is 6.04. The first-order valence-corrected chi connectivity index (χ1v) is 5.14. The highest BCUT2D eigenvalue weighted by molar-refractivity contribution is 6.33. The van der Waals surface area contributed by atoms with Crippen molar-refractivity contribution in [1.29, 1.82) is 0 Å². The van der Waals surface area contributed by atoms with Gasteiger partial charge >= 0.3 is 0 Å². The molecule has 0 amide bonds. The first-order valence-electron chi connectivity index (χ1n) is 4.76. The van der Waals surface area contributed by atoms with Crippen LogP contribution in [0, 0.1) is 6.92 Å². The molecule has 1 saturated carbocycles.